The maximum Gasteiger partial charge on any atom is 0.248 e. The number of amides is 1. The lowest BCUT2D eigenvalue weighted by Gasteiger charge is -1.97. The molecule has 2 aromatic heterocycles. The van der Waals surface area contributed by atoms with Crippen molar-refractivity contribution in [3.8, 4) is 11.3 Å². The monoisotopic (exact) mass is 255 g/mol. The first-order valence-corrected chi connectivity index (χ1v) is 6.00. The van der Waals surface area contributed by atoms with Gasteiger partial charge in [0.05, 0.1) is 11.7 Å². The number of nitrogens with zero attached hydrogens (tertiary/aromatic N) is 3. The van der Waals surface area contributed by atoms with Gasteiger partial charge >= 0.3 is 0 Å². The number of fused-ring (bicyclic) bond motifs is 1. The molecule has 19 heavy (non-hydrogen) atoms. The lowest BCUT2D eigenvalue weighted by atomic mass is 10.1. The second-order valence-electron chi connectivity index (χ2n) is 4.28. The summed E-state index contributed by atoms with van der Waals surface area (Å²) in [5, 5.41) is 12.3. The molecule has 0 bridgehead atoms. The Hall–Kier alpha value is -2.63. The SMILES string of the molecule is CCn1cc(-c2n[nH]c3ccc(C(N)=O)cc23)cn1. The lowest BCUT2D eigenvalue weighted by molar-refractivity contribution is 0.100. The van der Waals surface area contributed by atoms with Crippen LogP contribution in [0, 0.1) is 0 Å². The zero-order chi connectivity index (χ0) is 13.4. The fourth-order valence-electron chi connectivity index (χ4n) is 2.05. The van der Waals surface area contributed by atoms with E-state index in [0.717, 1.165) is 28.7 Å². The third kappa shape index (κ3) is 1.87. The number of aromatic nitrogens is 4. The van der Waals surface area contributed by atoms with Gasteiger partial charge in [-0.25, -0.2) is 0 Å². The second kappa shape index (κ2) is 4.24. The smallest absolute Gasteiger partial charge is 0.248 e. The number of primary amides is 1. The number of aromatic amines is 1. The molecular formula is C13H13N5O. The van der Waals surface area contributed by atoms with Gasteiger partial charge in [0.2, 0.25) is 5.91 Å². The number of carbonyl (C=O) groups is 1. The van der Waals surface area contributed by atoms with Crippen LogP contribution in [0.5, 0.6) is 0 Å². The van der Waals surface area contributed by atoms with Crippen LogP contribution < -0.4 is 5.73 Å². The van der Waals surface area contributed by atoms with Crippen molar-refractivity contribution >= 4 is 16.8 Å². The van der Waals surface area contributed by atoms with Crippen molar-refractivity contribution < 1.29 is 4.79 Å². The van der Waals surface area contributed by atoms with E-state index in [-0.39, 0.29) is 0 Å². The average Bonchev–Trinajstić information content (AvgIpc) is 3.03. The lowest BCUT2D eigenvalue weighted by Crippen LogP contribution is -2.10. The first kappa shape index (κ1) is 11.5. The summed E-state index contributed by atoms with van der Waals surface area (Å²) in [6.45, 7) is 2.82. The molecule has 0 unspecified atom stereocenters. The Morgan fingerprint density at radius 2 is 2.32 bits per heavy atom. The fraction of sp³-hybridized carbons (Fsp3) is 0.154. The summed E-state index contributed by atoms with van der Waals surface area (Å²) in [5.74, 6) is -0.446. The molecule has 3 rings (SSSR count). The fourth-order valence-corrected chi connectivity index (χ4v) is 2.05. The largest absolute Gasteiger partial charge is 0.366 e. The summed E-state index contributed by atoms with van der Waals surface area (Å²) < 4.78 is 1.83. The van der Waals surface area contributed by atoms with Crippen LogP contribution in [0.3, 0.4) is 0 Å². The molecule has 3 aromatic rings. The number of nitrogens with one attached hydrogen (secondary N) is 1. The molecule has 6 heteroatoms. The van der Waals surface area contributed by atoms with E-state index in [1.165, 1.54) is 0 Å². The van der Waals surface area contributed by atoms with Crippen molar-refractivity contribution in [3.05, 3.63) is 36.2 Å². The summed E-state index contributed by atoms with van der Waals surface area (Å²) in [4.78, 5) is 11.2. The highest BCUT2D eigenvalue weighted by Crippen LogP contribution is 2.26. The summed E-state index contributed by atoms with van der Waals surface area (Å²) in [6.07, 6.45) is 3.68. The summed E-state index contributed by atoms with van der Waals surface area (Å²) in [5.41, 5.74) is 8.32. The molecule has 0 aliphatic rings. The van der Waals surface area contributed by atoms with E-state index in [0.29, 0.717) is 5.56 Å². The standard InChI is InChI=1S/C13H13N5O/c1-2-18-7-9(6-15-18)12-10-5-8(13(14)19)3-4-11(10)16-17-12/h3-7H,2H2,1H3,(H2,14,19)(H,16,17). The summed E-state index contributed by atoms with van der Waals surface area (Å²) >= 11 is 0. The normalized spacial score (nSPS) is 11.0. The van der Waals surface area contributed by atoms with Gasteiger partial charge in [-0.15, -0.1) is 0 Å². The van der Waals surface area contributed by atoms with Gasteiger partial charge in [0.15, 0.2) is 0 Å². The van der Waals surface area contributed by atoms with Crippen molar-refractivity contribution in [2.45, 2.75) is 13.5 Å². The van der Waals surface area contributed by atoms with Crippen LogP contribution in [-0.2, 0) is 6.54 Å². The first-order chi connectivity index (χ1) is 9.19. The molecule has 96 valence electrons. The highest BCUT2D eigenvalue weighted by atomic mass is 16.1. The number of nitrogens with two attached hydrogens (primary N) is 1. The third-order valence-corrected chi connectivity index (χ3v) is 3.08. The van der Waals surface area contributed by atoms with E-state index < -0.39 is 5.91 Å². The van der Waals surface area contributed by atoms with Crippen molar-refractivity contribution in [1.82, 2.24) is 20.0 Å². The number of H-pyrrole nitrogens is 1. The van der Waals surface area contributed by atoms with Crippen LogP contribution in [0.25, 0.3) is 22.2 Å². The molecule has 1 aromatic carbocycles. The Morgan fingerprint density at radius 1 is 1.47 bits per heavy atom. The second-order valence-corrected chi connectivity index (χ2v) is 4.28. The molecular weight excluding hydrogens is 242 g/mol. The Labute approximate surface area is 109 Å². The molecule has 0 spiro atoms. The van der Waals surface area contributed by atoms with Gasteiger partial charge in [-0.1, -0.05) is 0 Å². The van der Waals surface area contributed by atoms with Crippen LogP contribution in [-0.4, -0.2) is 25.9 Å². The Kier molecular flexibility index (Phi) is 2.56. The number of rotatable bonds is 3. The van der Waals surface area contributed by atoms with Gasteiger partial charge in [0.25, 0.3) is 0 Å². The van der Waals surface area contributed by atoms with Crippen LogP contribution in [0.1, 0.15) is 17.3 Å². The Balaban J connectivity index is 2.17. The van der Waals surface area contributed by atoms with Gasteiger partial charge in [0, 0.05) is 29.3 Å². The van der Waals surface area contributed by atoms with Crippen LogP contribution in [0.2, 0.25) is 0 Å². The van der Waals surface area contributed by atoms with Gasteiger partial charge in [0.1, 0.15) is 5.69 Å². The third-order valence-electron chi connectivity index (χ3n) is 3.08. The van der Waals surface area contributed by atoms with E-state index in [4.69, 9.17) is 5.73 Å². The maximum absolute atomic E-state index is 11.2. The highest BCUT2D eigenvalue weighted by molar-refractivity contribution is 6.00. The molecule has 0 aliphatic carbocycles. The molecule has 0 radical (unpaired) electrons. The number of carbonyl (C=O) groups excluding carboxylic acids is 1. The molecule has 0 fully saturated rings. The quantitative estimate of drug-likeness (QED) is 0.744. The minimum atomic E-state index is -0.446. The number of aryl methyl sites for hydroxylation is 1. The highest BCUT2D eigenvalue weighted by Gasteiger charge is 2.12. The van der Waals surface area contributed by atoms with Crippen molar-refractivity contribution in [1.29, 1.82) is 0 Å². The van der Waals surface area contributed by atoms with Gasteiger partial charge < -0.3 is 5.73 Å². The average molecular weight is 255 g/mol. The molecule has 0 saturated carbocycles. The molecule has 0 atom stereocenters. The Bertz CT molecular complexity index is 755. The van der Waals surface area contributed by atoms with Crippen molar-refractivity contribution in [2.75, 3.05) is 0 Å². The molecule has 6 nitrogen and oxygen atoms in total. The zero-order valence-electron chi connectivity index (χ0n) is 10.4. The number of benzene rings is 1. The number of hydrogen-bond donors (Lipinski definition) is 2. The predicted molar refractivity (Wildman–Crippen MR) is 71.5 cm³/mol. The molecule has 2 heterocycles. The molecule has 1 amide bonds. The summed E-state index contributed by atoms with van der Waals surface area (Å²) in [6, 6.07) is 5.23. The van der Waals surface area contributed by atoms with Gasteiger partial charge in [-0.2, -0.15) is 10.2 Å². The first-order valence-electron chi connectivity index (χ1n) is 6.00. The molecule has 3 N–H and O–H groups in total. The maximum atomic E-state index is 11.2. The predicted octanol–water partition coefficient (Wildman–Crippen LogP) is 1.55. The minimum absolute atomic E-state index is 0.446. The number of hydrogen-bond acceptors (Lipinski definition) is 3. The van der Waals surface area contributed by atoms with E-state index in [1.54, 1.807) is 24.4 Å². The summed E-state index contributed by atoms with van der Waals surface area (Å²) in [7, 11) is 0. The van der Waals surface area contributed by atoms with Crippen molar-refractivity contribution in [3.63, 3.8) is 0 Å². The van der Waals surface area contributed by atoms with E-state index in [1.807, 2.05) is 17.8 Å². The van der Waals surface area contributed by atoms with E-state index in [9.17, 15) is 4.79 Å². The van der Waals surface area contributed by atoms with E-state index in [2.05, 4.69) is 15.3 Å². The zero-order valence-corrected chi connectivity index (χ0v) is 10.4. The van der Waals surface area contributed by atoms with E-state index >= 15 is 0 Å². The molecule has 0 saturated heterocycles. The molecule has 0 aliphatic heterocycles. The Morgan fingerprint density at radius 3 is 3.00 bits per heavy atom. The minimum Gasteiger partial charge on any atom is -0.366 e. The van der Waals surface area contributed by atoms with Crippen molar-refractivity contribution in [2.24, 2.45) is 5.73 Å². The van der Waals surface area contributed by atoms with Crippen LogP contribution in [0.15, 0.2) is 30.6 Å². The van der Waals surface area contributed by atoms with Gasteiger partial charge in [-0.05, 0) is 25.1 Å². The van der Waals surface area contributed by atoms with Gasteiger partial charge in [-0.3, -0.25) is 14.6 Å². The topological polar surface area (TPSA) is 89.6 Å². The van der Waals surface area contributed by atoms with Crippen LogP contribution in [0.4, 0.5) is 0 Å². The van der Waals surface area contributed by atoms with Crippen LogP contribution >= 0.6 is 0 Å².